The SMILES string of the molecule is CCOc1ccc(-c2c(C(=O)NN=C(C)c3ccc(Cl)c(Cl)c3)nnn2-c2nonc2N)cc1. The number of amides is 1. The number of nitrogens with two attached hydrogens (primary N) is 1. The average molecular weight is 501 g/mol. The van der Waals surface area contributed by atoms with Gasteiger partial charge in [0.05, 0.1) is 22.4 Å². The molecule has 2 heterocycles. The molecule has 0 spiro atoms. The molecule has 0 atom stereocenters. The number of hydrogen-bond donors (Lipinski definition) is 2. The van der Waals surface area contributed by atoms with Crippen LogP contribution in [-0.4, -0.2) is 43.5 Å². The van der Waals surface area contributed by atoms with Crippen LogP contribution in [0.1, 0.15) is 29.9 Å². The van der Waals surface area contributed by atoms with Gasteiger partial charge in [-0.3, -0.25) is 4.79 Å². The van der Waals surface area contributed by atoms with E-state index in [0.29, 0.717) is 44.9 Å². The van der Waals surface area contributed by atoms with Gasteiger partial charge in [0.15, 0.2) is 5.69 Å². The van der Waals surface area contributed by atoms with E-state index >= 15 is 0 Å². The van der Waals surface area contributed by atoms with E-state index in [1.165, 1.54) is 4.68 Å². The van der Waals surface area contributed by atoms with Crippen molar-refractivity contribution in [2.24, 2.45) is 5.10 Å². The number of ether oxygens (including phenoxy) is 1. The molecular weight excluding hydrogens is 483 g/mol. The van der Waals surface area contributed by atoms with Gasteiger partial charge in [0.1, 0.15) is 11.4 Å². The van der Waals surface area contributed by atoms with Gasteiger partial charge >= 0.3 is 0 Å². The Hall–Kier alpha value is -3.96. The van der Waals surface area contributed by atoms with E-state index in [-0.39, 0.29) is 17.3 Å². The first-order chi connectivity index (χ1) is 16.4. The number of carbonyl (C=O) groups is 1. The second-order valence-electron chi connectivity index (χ2n) is 6.90. The molecule has 0 bridgehead atoms. The highest BCUT2D eigenvalue weighted by molar-refractivity contribution is 6.42. The largest absolute Gasteiger partial charge is 0.494 e. The maximum Gasteiger partial charge on any atom is 0.294 e. The molecule has 3 N–H and O–H groups in total. The number of hydrazone groups is 1. The standard InChI is InChI=1S/C21H18Cl2N8O3/c1-3-33-14-7-4-12(5-8-14)18-17(26-30-31(18)20-19(24)28-34-29-20)21(32)27-25-11(2)13-6-9-15(22)16(23)10-13/h4-10H,3H2,1-2H3,(H2,24,28)(H,27,32). The van der Waals surface area contributed by atoms with Gasteiger partial charge in [-0.25, -0.2) is 10.1 Å². The third-order valence-corrected chi connectivity index (χ3v) is 5.42. The first kappa shape index (κ1) is 23.2. The van der Waals surface area contributed by atoms with Crippen molar-refractivity contribution in [2.45, 2.75) is 13.8 Å². The van der Waals surface area contributed by atoms with Crippen molar-refractivity contribution in [3.8, 4) is 22.8 Å². The summed E-state index contributed by atoms with van der Waals surface area (Å²) in [5.41, 5.74) is 10.4. The number of rotatable bonds is 7. The van der Waals surface area contributed by atoms with Crippen molar-refractivity contribution >= 4 is 40.6 Å². The fourth-order valence-corrected chi connectivity index (χ4v) is 3.33. The van der Waals surface area contributed by atoms with Gasteiger partial charge in [-0.05, 0) is 66.1 Å². The molecule has 4 aromatic rings. The molecule has 34 heavy (non-hydrogen) atoms. The first-order valence-corrected chi connectivity index (χ1v) is 10.7. The molecule has 0 aliphatic heterocycles. The molecule has 0 unspecified atom stereocenters. The predicted molar refractivity (Wildman–Crippen MR) is 126 cm³/mol. The monoisotopic (exact) mass is 500 g/mol. The van der Waals surface area contributed by atoms with Gasteiger partial charge in [0.25, 0.3) is 5.91 Å². The smallest absolute Gasteiger partial charge is 0.294 e. The second-order valence-corrected chi connectivity index (χ2v) is 7.71. The lowest BCUT2D eigenvalue weighted by atomic mass is 10.1. The third kappa shape index (κ3) is 4.70. The van der Waals surface area contributed by atoms with E-state index < -0.39 is 5.91 Å². The van der Waals surface area contributed by atoms with Crippen LogP contribution >= 0.6 is 23.2 Å². The lowest BCUT2D eigenvalue weighted by Crippen LogP contribution is -2.21. The zero-order valence-corrected chi connectivity index (χ0v) is 19.5. The van der Waals surface area contributed by atoms with E-state index in [1.807, 2.05) is 6.92 Å². The minimum absolute atomic E-state index is 0.0162. The third-order valence-electron chi connectivity index (χ3n) is 4.68. The van der Waals surface area contributed by atoms with E-state index in [4.69, 9.17) is 33.7 Å². The summed E-state index contributed by atoms with van der Waals surface area (Å²) in [5, 5.41) is 20.3. The Labute approximate surface area is 203 Å². The number of halogens is 2. The summed E-state index contributed by atoms with van der Waals surface area (Å²) >= 11 is 12.0. The average Bonchev–Trinajstić information content (AvgIpc) is 3.45. The minimum Gasteiger partial charge on any atom is -0.494 e. The van der Waals surface area contributed by atoms with Crippen LogP contribution in [0.5, 0.6) is 5.75 Å². The highest BCUT2D eigenvalue weighted by Gasteiger charge is 2.25. The van der Waals surface area contributed by atoms with Crippen LogP contribution in [0.2, 0.25) is 10.0 Å². The topological polar surface area (TPSA) is 146 Å². The van der Waals surface area contributed by atoms with Gasteiger partial charge in [-0.15, -0.1) is 5.10 Å². The van der Waals surface area contributed by atoms with E-state index in [0.717, 1.165) is 0 Å². The van der Waals surface area contributed by atoms with Crippen molar-refractivity contribution in [1.82, 2.24) is 30.7 Å². The second kappa shape index (κ2) is 9.89. The fourth-order valence-electron chi connectivity index (χ4n) is 3.03. The maximum absolute atomic E-state index is 13.0. The number of carbonyl (C=O) groups excluding carboxylic acids is 1. The number of hydrogen-bond acceptors (Lipinski definition) is 9. The summed E-state index contributed by atoms with van der Waals surface area (Å²) in [6, 6.07) is 12.1. The number of nitrogens with zero attached hydrogens (tertiary/aromatic N) is 6. The van der Waals surface area contributed by atoms with Crippen LogP contribution in [0.15, 0.2) is 52.2 Å². The zero-order chi connectivity index (χ0) is 24.2. The van der Waals surface area contributed by atoms with Gasteiger partial charge < -0.3 is 10.5 Å². The number of nitrogens with one attached hydrogen (secondary N) is 1. The lowest BCUT2D eigenvalue weighted by molar-refractivity contribution is 0.0950. The number of aromatic nitrogens is 5. The molecular formula is C21H18Cl2N8O3. The van der Waals surface area contributed by atoms with Crippen LogP contribution in [0, 0.1) is 0 Å². The number of benzene rings is 2. The molecule has 4 rings (SSSR count). The van der Waals surface area contributed by atoms with Crippen LogP contribution in [0.25, 0.3) is 17.1 Å². The molecule has 0 fully saturated rings. The molecule has 0 aliphatic rings. The Morgan fingerprint density at radius 2 is 1.94 bits per heavy atom. The summed E-state index contributed by atoms with van der Waals surface area (Å²) in [6.45, 7) is 4.12. The Balaban J connectivity index is 1.69. The first-order valence-electron chi connectivity index (χ1n) is 9.96. The molecule has 2 aromatic carbocycles. The predicted octanol–water partition coefficient (Wildman–Crippen LogP) is 3.76. The Kier molecular flexibility index (Phi) is 6.75. The Morgan fingerprint density at radius 3 is 2.59 bits per heavy atom. The lowest BCUT2D eigenvalue weighted by Gasteiger charge is -2.08. The van der Waals surface area contributed by atoms with Crippen LogP contribution in [-0.2, 0) is 0 Å². The number of nitrogen functional groups attached to an aromatic ring is 1. The normalized spacial score (nSPS) is 11.5. The van der Waals surface area contributed by atoms with Gasteiger partial charge in [0.2, 0.25) is 11.6 Å². The van der Waals surface area contributed by atoms with Crippen LogP contribution < -0.4 is 15.9 Å². The molecule has 1 amide bonds. The molecule has 0 radical (unpaired) electrons. The molecule has 174 valence electrons. The highest BCUT2D eigenvalue weighted by Crippen LogP contribution is 2.28. The van der Waals surface area contributed by atoms with Crippen molar-refractivity contribution in [1.29, 1.82) is 0 Å². The van der Waals surface area contributed by atoms with E-state index in [1.54, 1.807) is 49.4 Å². The molecule has 0 saturated carbocycles. The molecule has 11 nitrogen and oxygen atoms in total. The van der Waals surface area contributed by atoms with Gasteiger partial charge in [-0.1, -0.05) is 34.5 Å². The van der Waals surface area contributed by atoms with Crippen molar-refractivity contribution in [3.63, 3.8) is 0 Å². The Bertz CT molecular complexity index is 1360. The number of anilines is 1. The Morgan fingerprint density at radius 1 is 1.18 bits per heavy atom. The van der Waals surface area contributed by atoms with E-state index in [9.17, 15) is 4.79 Å². The van der Waals surface area contributed by atoms with Crippen LogP contribution in [0.3, 0.4) is 0 Å². The van der Waals surface area contributed by atoms with Crippen molar-refractivity contribution in [3.05, 3.63) is 63.8 Å². The summed E-state index contributed by atoms with van der Waals surface area (Å²) in [4.78, 5) is 13.0. The summed E-state index contributed by atoms with van der Waals surface area (Å²) in [7, 11) is 0. The summed E-state index contributed by atoms with van der Waals surface area (Å²) in [5.74, 6) is 0.133. The van der Waals surface area contributed by atoms with Gasteiger partial charge in [-0.2, -0.15) is 9.78 Å². The fraction of sp³-hybridized carbons (Fsp3) is 0.143. The molecule has 0 aliphatic carbocycles. The zero-order valence-electron chi connectivity index (χ0n) is 18.0. The van der Waals surface area contributed by atoms with E-state index in [2.05, 4.69) is 35.8 Å². The quantitative estimate of drug-likeness (QED) is 0.288. The maximum atomic E-state index is 13.0. The molecule has 2 aromatic heterocycles. The highest BCUT2D eigenvalue weighted by atomic mass is 35.5. The molecule has 13 heteroatoms. The van der Waals surface area contributed by atoms with Gasteiger partial charge in [0, 0.05) is 5.56 Å². The van der Waals surface area contributed by atoms with Crippen LogP contribution in [0.4, 0.5) is 5.82 Å². The summed E-state index contributed by atoms with van der Waals surface area (Å²) in [6.07, 6.45) is 0. The molecule has 0 saturated heterocycles. The van der Waals surface area contributed by atoms with Crippen molar-refractivity contribution in [2.75, 3.05) is 12.3 Å². The minimum atomic E-state index is -0.607. The van der Waals surface area contributed by atoms with Crippen molar-refractivity contribution < 1.29 is 14.2 Å². The summed E-state index contributed by atoms with van der Waals surface area (Å²) < 4.78 is 11.4.